The van der Waals surface area contributed by atoms with Crippen LogP contribution in [-0.2, 0) is 24.3 Å². The maximum absolute atomic E-state index is 13.1. The molecule has 0 fully saturated rings. The molecule has 7 heteroatoms. The minimum absolute atomic E-state index is 0.134. The van der Waals surface area contributed by atoms with Gasteiger partial charge < -0.3 is 5.32 Å². The molecule has 1 N–H and O–H groups in total. The summed E-state index contributed by atoms with van der Waals surface area (Å²) in [6, 6.07) is 8.01. The fraction of sp³-hybridized carbons (Fsp3) is 0.250. The van der Waals surface area contributed by atoms with E-state index in [1.165, 1.54) is 12.1 Å². The van der Waals surface area contributed by atoms with E-state index in [0.29, 0.717) is 17.1 Å². The maximum atomic E-state index is 13.1. The number of aromatic nitrogens is 3. The highest BCUT2D eigenvalue weighted by atomic mass is 35.5. The summed E-state index contributed by atoms with van der Waals surface area (Å²) in [6.45, 7) is 4.74. The highest BCUT2D eigenvalue weighted by Crippen LogP contribution is 2.18. The Kier molecular flexibility index (Phi) is 5.86. The van der Waals surface area contributed by atoms with E-state index in [0.717, 1.165) is 22.5 Å². The molecule has 0 aliphatic heterocycles. The van der Waals surface area contributed by atoms with Crippen molar-refractivity contribution >= 4 is 17.5 Å². The third-order valence-electron chi connectivity index (χ3n) is 4.44. The molecule has 140 valence electrons. The summed E-state index contributed by atoms with van der Waals surface area (Å²) in [5.41, 5.74) is 4.47. The SMILES string of the molecule is Cc1nn(Cc2ccncc2)c(C)c1CC(=O)NCc1ccc(F)cc1Cl. The molecule has 3 rings (SSSR count). The summed E-state index contributed by atoms with van der Waals surface area (Å²) in [5.74, 6) is -0.534. The Balaban J connectivity index is 1.65. The molecule has 0 aliphatic rings. The zero-order chi connectivity index (χ0) is 19.4. The molecular formula is C20H20ClFN4O. The Morgan fingerprint density at radius 2 is 1.96 bits per heavy atom. The van der Waals surface area contributed by atoms with E-state index < -0.39 is 5.82 Å². The van der Waals surface area contributed by atoms with Gasteiger partial charge in [-0.05, 0) is 49.2 Å². The normalized spacial score (nSPS) is 10.8. The zero-order valence-corrected chi connectivity index (χ0v) is 15.9. The second-order valence-electron chi connectivity index (χ2n) is 6.35. The Labute approximate surface area is 162 Å². The van der Waals surface area contributed by atoms with E-state index in [1.807, 2.05) is 30.7 Å². The molecule has 3 aromatic rings. The molecule has 27 heavy (non-hydrogen) atoms. The number of benzene rings is 1. The van der Waals surface area contributed by atoms with Gasteiger partial charge in [-0.3, -0.25) is 14.5 Å². The first-order valence-electron chi connectivity index (χ1n) is 8.56. The summed E-state index contributed by atoms with van der Waals surface area (Å²) in [7, 11) is 0. The van der Waals surface area contributed by atoms with Crippen LogP contribution in [0.5, 0.6) is 0 Å². The van der Waals surface area contributed by atoms with Crippen molar-refractivity contribution in [2.75, 3.05) is 0 Å². The highest BCUT2D eigenvalue weighted by molar-refractivity contribution is 6.31. The first kappa shape index (κ1) is 19.0. The van der Waals surface area contributed by atoms with Crippen molar-refractivity contribution in [2.45, 2.75) is 33.4 Å². The molecule has 0 bridgehead atoms. The van der Waals surface area contributed by atoms with Crippen molar-refractivity contribution in [1.29, 1.82) is 0 Å². The van der Waals surface area contributed by atoms with Crippen LogP contribution in [0.25, 0.3) is 0 Å². The number of nitrogens with zero attached hydrogens (tertiary/aromatic N) is 3. The Morgan fingerprint density at radius 3 is 2.67 bits per heavy atom. The lowest BCUT2D eigenvalue weighted by atomic mass is 10.1. The van der Waals surface area contributed by atoms with Gasteiger partial charge in [0.2, 0.25) is 5.91 Å². The average Bonchev–Trinajstić information content (AvgIpc) is 2.89. The van der Waals surface area contributed by atoms with Crippen molar-refractivity contribution in [3.05, 3.63) is 81.6 Å². The molecule has 0 atom stereocenters. The van der Waals surface area contributed by atoms with Gasteiger partial charge >= 0.3 is 0 Å². The lowest BCUT2D eigenvalue weighted by Gasteiger charge is -2.08. The van der Waals surface area contributed by atoms with Crippen molar-refractivity contribution in [3.63, 3.8) is 0 Å². The molecule has 0 unspecified atom stereocenters. The predicted molar refractivity (Wildman–Crippen MR) is 102 cm³/mol. The largest absolute Gasteiger partial charge is 0.352 e. The third kappa shape index (κ3) is 4.71. The Hall–Kier alpha value is -2.73. The number of amides is 1. The summed E-state index contributed by atoms with van der Waals surface area (Å²) < 4.78 is 15.0. The van der Waals surface area contributed by atoms with Gasteiger partial charge in [-0.25, -0.2) is 4.39 Å². The smallest absolute Gasteiger partial charge is 0.224 e. The maximum Gasteiger partial charge on any atom is 0.224 e. The van der Waals surface area contributed by atoms with E-state index in [2.05, 4.69) is 15.4 Å². The van der Waals surface area contributed by atoms with E-state index in [4.69, 9.17) is 11.6 Å². The predicted octanol–water partition coefficient (Wildman–Crippen LogP) is 3.59. The fourth-order valence-electron chi connectivity index (χ4n) is 2.89. The molecule has 0 spiro atoms. The molecule has 0 saturated carbocycles. The summed E-state index contributed by atoms with van der Waals surface area (Å²) >= 11 is 5.99. The van der Waals surface area contributed by atoms with Gasteiger partial charge in [-0.15, -0.1) is 0 Å². The molecule has 1 amide bonds. The standard InChI is InChI=1S/C20H20ClFN4O/c1-13-18(14(2)26(25-13)12-15-5-7-23-8-6-15)10-20(27)24-11-16-3-4-17(22)9-19(16)21/h3-9H,10-12H2,1-2H3,(H,24,27). The van der Waals surface area contributed by atoms with Crippen molar-refractivity contribution in [3.8, 4) is 0 Å². The third-order valence-corrected chi connectivity index (χ3v) is 4.79. The zero-order valence-electron chi connectivity index (χ0n) is 15.2. The number of carbonyl (C=O) groups excluding carboxylic acids is 1. The first-order valence-corrected chi connectivity index (χ1v) is 8.94. The first-order chi connectivity index (χ1) is 12.9. The average molecular weight is 387 g/mol. The van der Waals surface area contributed by atoms with Gasteiger partial charge in [-0.2, -0.15) is 5.10 Å². The molecule has 2 aromatic heterocycles. The molecule has 2 heterocycles. The summed E-state index contributed by atoms with van der Waals surface area (Å²) in [4.78, 5) is 16.4. The van der Waals surface area contributed by atoms with Crippen LogP contribution >= 0.6 is 11.6 Å². The summed E-state index contributed by atoms with van der Waals surface area (Å²) in [6.07, 6.45) is 3.72. The monoisotopic (exact) mass is 386 g/mol. The van der Waals surface area contributed by atoms with Crippen LogP contribution < -0.4 is 5.32 Å². The molecular weight excluding hydrogens is 367 g/mol. The van der Waals surface area contributed by atoms with Gasteiger partial charge in [0.25, 0.3) is 0 Å². The molecule has 0 aliphatic carbocycles. The summed E-state index contributed by atoms with van der Waals surface area (Å²) in [5, 5.41) is 7.68. The van der Waals surface area contributed by atoms with Gasteiger partial charge in [0, 0.05) is 35.2 Å². The lowest BCUT2D eigenvalue weighted by molar-refractivity contribution is -0.120. The number of pyridine rings is 1. The van der Waals surface area contributed by atoms with Crippen LogP contribution in [-0.4, -0.2) is 20.7 Å². The quantitative estimate of drug-likeness (QED) is 0.704. The Bertz CT molecular complexity index is 956. The van der Waals surface area contributed by atoms with Crippen LogP contribution in [0.15, 0.2) is 42.7 Å². The van der Waals surface area contributed by atoms with Crippen LogP contribution in [0.3, 0.4) is 0 Å². The number of carbonyl (C=O) groups is 1. The highest BCUT2D eigenvalue weighted by Gasteiger charge is 2.15. The molecule has 0 saturated heterocycles. The van der Waals surface area contributed by atoms with Crippen LogP contribution in [0.2, 0.25) is 5.02 Å². The second-order valence-corrected chi connectivity index (χ2v) is 6.76. The van der Waals surface area contributed by atoms with Crippen LogP contribution in [0.4, 0.5) is 4.39 Å². The molecule has 0 radical (unpaired) electrons. The van der Waals surface area contributed by atoms with E-state index in [9.17, 15) is 9.18 Å². The van der Waals surface area contributed by atoms with Crippen LogP contribution in [0.1, 0.15) is 28.1 Å². The number of hydrogen-bond donors (Lipinski definition) is 1. The number of aryl methyl sites for hydroxylation is 1. The van der Waals surface area contributed by atoms with Gasteiger partial charge in [0.15, 0.2) is 0 Å². The topological polar surface area (TPSA) is 59.8 Å². The van der Waals surface area contributed by atoms with Gasteiger partial charge in [-0.1, -0.05) is 17.7 Å². The second kappa shape index (κ2) is 8.31. The minimum atomic E-state index is -0.400. The lowest BCUT2D eigenvalue weighted by Crippen LogP contribution is -2.25. The molecule has 5 nitrogen and oxygen atoms in total. The van der Waals surface area contributed by atoms with E-state index >= 15 is 0 Å². The number of nitrogens with one attached hydrogen (secondary N) is 1. The Morgan fingerprint density at radius 1 is 1.22 bits per heavy atom. The van der Waals surface area contributed by atoms with Gasteiger partial charge in [0.05, 0.1) is 18.7 Å². The fourth-order valence-corrected chi connectivity index (χ4v) is 3.12. The number of hydrogen-bond acceptors (Lipinski definition) is 3. The van der Waals surface area contributed by atoms with Gasteiger partial charge in [0.1, 0.15) is 5.82 Å². The van der Waals surface area contributed by atoms with Crippen molar-refractivity contribution in [1.82, 2.24) is 20.1 Å². The van der Waals surface area contributed by atoms with E-state index in [-0.39, 0.29) is 18.9 Å². The number of rotatable bonds is 6. The van der Waals surface area contributed by atoms with Crippen molar-refractivity contribution in [2.24, 2.45) is 0 Å². The van der Waals surface area contributed by atoms with Crippen LogP contribution in [0, 0.1) is 19.7 Å². The minimum Gasteiger partial charge on any atom is -0.352 e. The van der Waals surface area contributed by atoms with E-state index in [1.54, 1.807) is 18.5 Å². The number of halogens is 2. The molecule has 1 aromatic carbocycles. The van der Waals surface area contributed by atoms with Crippen molar-refractivity contribution < 1.29 is 9.18 Å².